The number of carbonyl (C=O) groups excluding carboxylic acids is 1. The largest absolute Gasteiger partial charge is 0.446 e. The van der Waals surface area contributed by atoms with E-state index >= 15 is 0 Å². The van der Waals surface area contributed by atoms with E-state index in [2.05, 4.69) is 46.0 Å². The lowest BCUT2D eigenvalue weighted by Gasteiger charge is -2.58. The minimum absolute atomic E-state index is 0.0312. The summed E-state index contributed by atoms with van der Waals surface area (Å²) < 4.78 is 27.6. The van der Waals surface area contributed by atoms with Crippen molar-refractivity contribution in [3.63, 3.8) is 0 Å². The predicted octanol–water partition coefficient (Wildman–Crippen LogP) is 6.93. The van der Waals surface area contributed by atoms with Crippen molar-refractivity contribution in [3.8, 4) is 0 Å². The second-order valence-electron chi connectivity index (χ2n) is 16.6. The highest BCUT2D eigenvalue weighted by Crippen LogP contribution is 2.67. The Labute approximate surface area is 297 Å². The molecule has 9 nitrogen and oxygen atoms in total. The third-order valence-electron chi connectivity index (χ3n) is 12.9. The molecule has 0 saturated heterocycles. The van der Waals surface area contributed by atoms with Crippen molar-refractivity contribution in [2.75, 3.05) is 66.0 Å². The molecule has 9 heteroatoms. The first kappa shape index (κ1) is 40.5. The summed E-state index contributed by atoms with van der Waals surface area (Å²) in [7, 11) is 0. The third kappa shape index (κ3) is 11.4. The number of hydrogen-bond donors (Lipinski definition) is 3. The maximum absolute atomic E-state index is 12.6. The second kappa shape index (κ2) is 20.1. The summed E-state index contributed by atoms with van der Waals surface area (Å²) in [6.07, 6.45) is 16.1. The fraction of sp³-hybridized carbons (Fsp3) is 0.925. The van der Waals surface area contributed by atoms with E-state index in [1.54, 1.807) is 5.57 Å². The molecule has 4 aliphatic rings. The molecular weight excluding hydrogens is 622 g/mol. The van der Waals surface area contributed by atoms with Gasteiger partial charge in [0.15, 0.2) is 0 Å². The highest BCUT2D eigenvalue weighted by molar-refractivity contribution is 5.67. The summed E-state index contributed by atoms with van der Waals surface area (Å²) in [5, 5.41) is 20.8. The summed E-state index contributed by atoms with van der Waals surface area (Å²) in [5.74, 6) is 5.01. The van der Waals surface area contributed by atoms with Crippen LogP contribution in [-0.4, -0.2) is 94.5 Å². The van der Waals surface area contributed by atoms with E-state index in [0.717, 1.165) is 61.2 Å². The van der Waals surface area contributed by atoms with Crippen LogP contribution in [0.3, 0.4) is 0 Å². The molecule has 3 saturated carbocycles. The molecule has 1 amide bonds. The molecule has 0 unspecified atom stereocenters. The van der Waals surface area contributed by atoms with Gasteiger partial charge in [-0.2, -0.15) is 0 Å². The van der Waals surface area contributed by atoms with Gasteiger partial charge in [-0.25, -0.2) is 4.79 Å². The van der Waals surface area contributed by atoms with Gasteiger partial charge in [-0.05, 0) is 97.7 Å². The van der Waals surface area contributed by atoms with Crippen LogP contribution < -0.4 is 5.32 Å². The number of nitrogens with one attached hydrogen (secondary N) is 1. The lowest BCUT2D eigenvalue weighted by Crippen LogP contribution is -2.51. The standard InChI is InChI=1S/C40H71NO8/c1-29(2)8-6-9-30(3)35-12-13-36-34-11-10-31-26-33(14-16-39(31,4)37(34)15-17-40(35,36)5)49-38(44)41-18-7-19-45-20-21-46-22-23-47-24-25-48-28-32(43)27-42/h10,29-30,32-37,42-43H,6-9,11-28H2,1-5H3,(H,41,44)/t30-,32+,33+,34+,35-,36+,37+,39+,40-/m1/s1. The van der Waals surface area contributed by atoms with Crippen molar-refractivity contribution in [2.24, 2.45) is 46.3 Å². The van der Waals surface area contributed by atoms with E-state index in [-0.39, 0.29) is 30.8 Å². The number of alkyl carbamates (subject to hydrolysis) is 1. The summed E-state index contributed by atoms with van der Waals surface area (Å²) in [6, 6.07) is 0. The quantitative estimate of drug-likeness (QED) is 0.0826. The Morgan fingerprint density at radius 2 is 1.57 bits per heavy atom. The molecule has 0 aliphatic heterocycles. The molecule has 49 heavy (non-hydrogen) atoms. The Hall–Kier alpha value is -1.23. The topological polar surface area (TPSA) is 116 Å². The average molecular weight is 694 g/mol. The van der Waals surface area contributed by atoms with Gasteiger partial charge in [-0.1, -0.05) is 65.5 Å². The average Bonchev–Trinajstić information content (AvgIpc) is 3.43. The van der Waals surface area contributed by atoms with Crippen LogP contribution in [0.25, 0.3) is 0 Å². The van der Waals surface area contributed by atoms with Crippen LogP contribution in [-0.2, 0) is 23.7 Å². The zero-order chi connectivity index (χ0) is 35.3. The molecule has 0 aromatic rings. The molecule has 4 aliphatic carbocycles. The number of rotatable bonds is 22. The first-order valence-electron chi connectivity index (χ1n) is 19.8. The number of aliphatic hydroxyl groups excluding tert-OH is 2. The zero-order valence-corrected chi connectivity index (χ0v) is 31.6. The van der Waals surface area contributed by atoms with Crippen LogP contribution in [0, 0.1) is 46.3 Å². The Morgan fingerprint density at radius 1 is 0.878 bits per heavy atom. The molecule has 4 rings (SSSR count). The molecule has 0 radical (unpaired) electrons. The molecule has 0 bridgehead atoms. The number of hydrogen-bond acceptors (Lipinski definition) is 8. The van der Waals surface area contributed by atoms with Crippen LogP contribution in [0.1, 0.15) is 112 Å². The number of fused-ring (bicyclic) bond motifs is 5. The van der Waals surface area contributed by atoms with Gasteiger partial charge in [-0.3, -0.25) is 0 Å². The third-order valence-corrected chi connectivity index (χ3v) is 12.9. The fourth-order valence-electron chi connectivity index (χ4n) is 10.2. The maximum atomic E-state index is 12.6. The first-order valence-corrected chi connectivity index (χ1v) is 19.8. The monoisotopic (exact) mass is 694 g/mol. The SMILES string of the molecule is CC(C)CCC[C@@H](C)[C@H]1CC[C@H]2[C@@H]3CC=C4C[C@@H](OC(=O)NCCCOCCOCCOCCOC[C@@H](O)CO)CC[C@]4(C)[C@H]3CC[C@]12C. The van der Waals surface area contributed by atoms with Crippen LogP contribution >= 0.6 is 0 Å². The van der Waals surface area contributed by atoms with Gasteiger partial charge in [0.05, 0.1) is 52.9 Å². The molecule has 0 aromatic carbocycles. The van der Waals surface area contributed by atoms with Gasteiger partial charge in [0.2, 0.25) is 0 Å². The van der Waals surface area contributed by atoms with E-state index < -0.39 is 6.10 Å². The Balaban J connectivity index is 1.07. The zero-order valence-electron chi connectivity index (χ0n) is 31.6. The molecular formula is C40H71NO8. The van der Waals surface area contributed by atoms with Crippen molar-refractivity contribution < 1.29 is 38.7 Å². The summed E-state index contributed by atoms with van der Waals surface area (Å²) in [4.78, 5) is 12.6. The van der Waals surface area contributed by atoms with E-state index in [9.17, 15) is 9.90 Å². The second-order valence-corrected chi connectivity index (χ2v) is 16.6. The molecule has 0 spiro atoms. The number of ether oxygens (including phenoxy) is 5. The lowest BCUT2D eigenvalue weighted by molar-refractivity contribution is -0.0581. The first-order chi connectivity index (χ1) is 23.6. The van der Waals surface area contributed by atoms with Crippen LogP contribution in [0.4, 0.5) is 4.79 Å². The van der Waals surface area contributed by atoms with Crippen LogP contribution in [0.2, 0.25) is 0 Å². The van der Waals surface area contributed by atoms with Crippen molar-refractivity contribution in [1.29, 1.82) is 0 Å². The van der Waals surface area contributed by atoms with Gasteiger partial charge in [0, 0.05) is 19.6 Å². The van der Waals surface area contributed by atoms with Crippen LogP contribution in [0.15, 0.2) is 11.6 Å². The number of amides is 1. The number of aliphatic hydroxyl groups is 2. The normalized spacial score (nSPS) is 32.2. The molecule has 0 heterocycles. The Kier molecular flexibility index (Phi) is 16.7. The van der Waals surface area contributed by atoms with Crippen molar-refractivity contribution in [3.05, 3.63) is 11.6 Å². The minimum atomic E-state index is -0.846. The highest BCUT2D eigenvalue weighted by Gasteiger charge is 2.59. The molecule has 3 fully saturated rings. The van der Waals surface area contributed by atoms with E-state index in [0.29, 0.717) is 58.2 Å². The summed E-state index contributed by atoms with van der Waals surface area (Å²) in [5.41, 5.74) is 2.33. The molecule has 0 aromatic heterocycles. The van der Waals surface area contributed by atoms with Gasteiger partial charge in [-0.15, -0.1) is 0 Å². The van der Waals surface area contributed by atoms with Gasteiger partial charge in [0.1, 0.15) is 12.2 Å². The minimum Gasteiger partial charge on any atom is -0.446 e. The summed E-state index contributed by atoms with van der Waals surface area (Å²) in [6.45, 7) is 16.0. The van der Waals surface area contributed by atoms with E-state index in [4.69, 9.17) is 28.8 Å². The van der Waals surface area contributed by atoms with Crippen molar-refractivity contribution in [2.45, 2.75) is 124 Å². The van der Waals surface area contributed by atoms with Crippen molar-refractivity contribution >= 4 is 6.09 Å². The van der Waals surface area contributed by atoms with Gasteiger partial charge < -0.3 is 39.2 Å². The number of allylic oxidation sites excluding steroid dienone is 1. The van der Waals surface area contributed by atoms with Gasteiger partial charge >= 0.3 is 6.09 Å². The Bertz CT molecular complexity index is 1010. The smallest absolute Gasteiger partial charge is 0.407 e. The summed E-state index contributed by atoms with van der Waals surface area (Å²) >= 11 is 0. The Morgan fingerprint density at radius 3 is 2.27 bits per heavy atom. The fourth-order valence-corrected chi connectivity index (χ4v) is 10.2. The highest BCUT2D eigenvalue weighted by atomic mass is 16.6. The van der Waals surface area contributed by atoms with E-state index in [1.165, 1.54) is 51.4 Å². The predicted molar refractivity (Wildman–Crippen MR) is 192 cm³/mol. The molecule has 3 N–H and O–H groups in total. The molecule has 9 atom stereocenters. The molecule has 284 valence electrons. The number of carbonyl (C=O) groups is 1. The van der Waals surface area contributed by atoms with Gasteiger partial charge in [0.25, 0.3) is 0 Å². The lowest BCUT2D eigenvalue weighted by atomic mass is 9.47. The van der Waals surface area contributed by atoms with Crippen molar-refractivity contribution in [1.82, 2.24) is 5.32 Å². The van der Waals surface area contributed by atoms with Crippen LogP contribution in [0.5, 0.6) is 0 Å². The maximum Gasteiger partial charge on any atom is 0.407 e. The van der Waals surface area contributed by atoms with E-state index in [1.807, 2.05) is 0 Å².